The van der Waals surface area contributed by atoms with Crippen LogP contribution in [-0.2, 0) is 9.59 Å². The summed E-state index contributed by atoms with van der Waals surface area (Å²) in [5, 5.41) is 21.6. The van der Waals surface area contributed by atoms with Gasteiger partial charge in [-0.15, -0.1) is 0 Å². The summed E-state index contributed by atoms with van der Waals surface area (Å²) in [6.45, 7) is 0.249. The lowest BCUT2D eigenvalue weighted by Gasteiger charge is -2.23. The van der Waals surface area contributed by atoms with E-state index in [-0.39, 0.29) is 18.9 Å². The maximum Gasteiger partial charge on any atom is 0.310 e. The van der Waals surface area contributed by atoms with Gasteiger partial charge < -0.3 is 15.5 Å². The number of nitrogens with one attached hydrogen (secondary N) is 1. The van der Waals surface area contributed by atoms with Crippen LogP contribution < -0.4 is 5.32 Å². The Labute approximate surface area is 107 Å². The van der Waals surface area contributed by atoms with Crippen molar-refractivity contribution in [1.29, 1.82) is 0 Å². The van der Waals surface area contributed by atoms with Crippen molar-refractivity contribution in [2.45, 2.75) is 51.0 Å². The van der Waals surface area contributed by atoms with Gasteiger partial charge in [-0.25, -0.2) is 0 Å². The number of carbonyl (C=O) groups excluding carboxylic acids is 1. The minimum Gasteiger partial charge on any atom is -0.481 e. The first-order valence-electron chi connectivity index (χ1n) is 6.72. The van der Waals surface area contributed by atoms with Crippen molar-refractivity contribution in [3.63, 3.8) is 0 Å². The zero-order valence-corrected chi connectivity index (χ0v) is 10.5. The van der Waals surface area contributed by atoms with Crippen LogP contribution >= 0.6 is 0 Å². The van der Waals surface area contributed by atoms with Crippen molar-refractivity contribution < 1.29 is 19.8 Å². The molecule has 2 saturated carbocycles. The molecule has 102 valence electrons. The zero-order valence-electron chi connectivity index (χ0n) is 10.5. The largest absolute Gasteiger partial charge is 0.481 e. The molecule has 2 aliphatic carbocycles. The Kier molecular flexibility index (Phi) is 3.90. The topological polar surface area (TPSA) is 86.6 Å². The van der Waals surface area contributed by atoms with E-state index in [9.17, 15) is 19.8 Å². The molecule has 1 atom stereocenters. The molecule has 5 nitrogen and oxygen atoms in total. The van der Waals surface area contributed by atoms with Crippen molar-refractivity contribution in [1.82, 2.24) is 5.32 Å². The van der Waals surface area contributed by atoms with Crippen LogP contribution in [0.2, 0.25) is 0 Å². The van der Waals surface area contributed by atoms with E-state index in [1.54, 1.807) is 0 Å². The number of hydrogen-bond donors (Lipinski definition) is 3. The molecule has 18 heavy (non-hydrogen) atoms. The molecule has 0 spiro atoms. The van der Waals surface area contributed by atoms with Crippen LogP contribution in [0.3, 0.4) is 0 Å². The first-order valence-corrected chi connectivity index (χ1v) is 6.72. The lowest BCUT2D eigenvalue weighted by atomic mass is 9.82. The quantitative estimate of drug-likeness (QED) is 0.658. The molecule has 0 saturated heterocycles. The van der Waals surface area contributed by atoms with E-state index in [0.29, 0.717) is 18.8 Å². The number of aliphatic hydroxyl groups excluding tert-OH is 1. The predicted octanol–water partition coefficient (Wildman–Crippen LogP) is 0.909. The van der Waals surface area contributed by atoms with Crippen LogP contribution in [-0.4, -0.2) is 34.7 Å². The van der Waals surface area contributed by atoms with E-state index in [0.717, 1.165) is 25.7 Å². The fourth-order valence-corrected chi connectivity index (χ4v) is 2.75. The second-order valence-corrected chi connectivity index (χ2v) is 5.68. The average Bonchev–Trinajstić information content (AvgIpc) is 3.07. The number of rotatable bonds is 6. The molecular weight excluding hydrogens is 234 g/mol. The third-order valence-corrected chi connectivity index (χ3v) is 4.19. The van der Waals surface area contributed by atoms with E-state index in [2.05, 4.69) is 5.32 Å². The van der Waals surface area contributed by atoms with Gasteiger partial charge in [0.25, 0.3) is 0 Å². The molecule has 0 aromatic carbocycles. The minimum atomic E-state index is -0.866. The molecule has 1 unspecified atom stereocenters. The van der Waals surface area contributed by atoms with Gasteiger partial charge in [-0.1, -0.05) is 12.8 Å². The SMILES string of the molecule is O=C(CC1(C(=O)O)CCCC1)NCC(O)C1CC1. The number of carboxylic acid groups (broad SMARTS) is 1. The van der Waals surface area contributed by atoms with Gasteiger partial charge in [-0.05, 0) is 31.6 Å². The summed E-state index contributed by atoms with van der Waals surface area (Å²) in [6, 6.07) is 0. The van der Waals surface area contributed by atoms with Crippen molar-refractivity contribution >= 4 is 11.9 Å². The van der Waals surface area contributed by atoms with Gasteiger partial charge in [0.1, 0.15) is 0 Å². The Bertz CT molecular complexity index is 332. The Morgan fingerprint density at radius 3 is 2.39 bits per heavy atom. The van der Waals surface area contributed by atoms with Crippen LogP contribution in [0.15, 0.2) is 0 Å². The second-order valence-electron chi connectivity index (χ2n) is 5.68. The Balaban J connectivity index is 1.79. The first-order chi connectivity index (χ1) is 8.53. The van der Waals surface area contributed by atoms with Gasteiger partial charge >= 0.3 is 5.97 Å². The van der Waals surface area contributed by atoms with Crippen LogP contribution in [0.5, 0.6) is 0 Å². The van der Waals surface area contributed by atoms with E-state index in [4.69, 9.17) is 0 Å². The Morgan fingerprint density at radius 2 is 1.89 bits per heavy atom. The van der Waals surface area contributed by atoms with Crippen molar-refractivity contribution in [2.24, 2.45) is 11.3 Å². The third-order valence-electron chi connectivity index (χ3n) is 4.19. The number of hydrogen-bond acceptors (Lipinski definition) is 3. The first kappa shape index (κ1) is 13.3. The molecule has 0 aliphatic heterocycles. The molecule has 0 heterocycles. The van der Waals surface area contributed by atoms with Gasteiger partial charge in [0, 0.05) is 13.0 Å². The summed E-state index contributed by atoms with van der Waals surface area (Å²) in [6.07, 6.45) is 4.54. The third kappa shape index (κ3) is 3.02. The monoisotopic (exact) mass is 255 g/mol. The van der Waals surface area contributed by atoms with E-state index in [1.807, 2.05) is 0 Å². The highest BCUT2D eigenvalue weighted by molar-refractivity contribution is 5.85. The van der Waals surface area contributed by atoms with Gasteiger partial charge in [0.15, 0.2) is 0 Å². The molecule has 0 radical (unpaired) electrons. The molecule has 2 fully saturated rings. The maximum atomic E-state index is 11.8. The highest BCUT2D eigenvalue weighted by atomic mass is 16.4. The van der Waals surface area contributed by atoms with Gasteiger partial charge in [-0.3, -0.25) is 9.59 Å². The number of carboxylic acids is 1. The summed E-state index contributed by atoms with van der Waals surface area (Å²) in [5.74, 6) is -0.790. The second kappa shape index (κ2) is 5.26. The van der Waals surface area contributed by atoms with Crippen LogP contribution in [0.4, 0.5) is 0 Å². The lowest BCUT2D eigenvalue weighted by Crippen LogP contribution is -2.39. The van der Waals surface area contributed by atoms with Crippen LogP contribution in [0, 0.1) is 11.3 Å². The standard InChI is InChI=1S/C13H21NO4/c15-10(9-3-4-9)8-14-11(16)7-13(12(17)18)5-1-2-6-13/h9-10,15H,1-8H2,(H,14,16)(H,17,18). The summed E-state index contributed by atoms with van der Waals surface area (Å²) in [4.78, 5) is 23.1. The van der Waals surface area contributed by atoms with Crippen LogP contribution in [0.25, 0.3) is 0 Å². The van der Waals surface area contributed by atoms with Gasteiger partial charge in [0.05, 0.1) is 11.5 Å². The maximum absolute atomic E-state index is 11.8. The number of carbonyl (C=O) groups is 2. The number of amides is 1. The fraction of sp³-hybridized carbons (Fsp3) is 0.846. The molecule has 2 rings (SSSR count). The molecule has 2 aliphatic rings. The van der Waals surface area contributed by atoms with Crippen molar-refractivity contribution in [3.8, 4) is 0 Å². The highest BCUT2D eigenvalue weighted by Crippen LogP contribution is 2.41. The van der Waals surface area contributed by atoms with E-state index in [1.165, 1.54) is 0 Å². The Morgan fingerprint density at radius 1 is 1.28 bits per heavy atom. The molecule has 0 aromatic heterocycles. The summed E-state index contributed by atoms with van der Waals surface area (Å²) in [5.41, 5.74) is -0.866. The van der Waals surface area contributed by atoms with Crippen molar-refractivity contribution in [2.75, 3.05) is 6.54 Å². The average molecular weight is 255 g/mol. The summed E-state index contributed by atoms with van der Waals surface area (Å²) in [7, 11) is 0. The van der Waals surface area contributed by atoms with E-state index >= 15 is 0 Å². The van der Waals surface area contributed by atoms with Gasteiger partial charge in [0.2, 0.25) is 5.91 Å². The van der Waals surface area contributed by atoms with Crippen molar-refractivity contribution in [3.05, 3.63) is 0 Å². The Hall–Kier alpha value is -1.10. The molecular formula is C13H21NO4. The predicted molar refractivity (Wildman–Crippen MR) is 64.9 cm³/mol. The van der Waals surface area contributed by atoms with Gasteiger partial charge in [-0.2, -0.15) is 0 Å². The number of aliphatic carboxylic acids is 1. The fourth-order valence-electron chi connectivity index (χ4n) is 2.75. The molecule has 5 heteroatoms. The summed E-state index contributed by atoms with van der Waals surface area (Å²) < 4.78 is 0. The smallest absolute Gasteiger partial charge is 0.310 e. The van der Waals surface area contributed by atoms with Crippen LogP contribution in [0.1, 0.15) is 44.9 Å². The molecule has 3 N–H and O–H groups in total. The zero-order chi connectivity index (χ0) is 13.2. The number of aliphatic hydroxyl groups is 1. The lowest BCUT2D eigenvalue weighted by molar-refractivity contribution is -0.151. The summed E-state index contributed by atoms with van der Waals surface area (Å²) >= 11 is 0. The normalized spacial score (nSPS) is 23.6. The van der Waals surface area contributed by atoms with E-state index < -0.39 is 17.5 Å². The molecule has 0 bridgehead atoms. The highest BCUT2D eigenvalue weighted by Gasteiger charge is 2.43. The molecule has 1 amide bonds. The molecule has 0 aromatic rings. The minimum absolute atomic E-state index is 0.0414.